The molecule has 0 saturated carbocycles. The lowest BCUT2D eigenvalue weighted by atomic mass is 10.1. The maximum atomic E-state index is 5.96. The summed E-state index contributed by atoms with van der Waals surface area (Å²) < 4.78 is 5.39. The SMILES string of the molecule is CCOCCN(CC)c1ccc(CC(N)CC)cn1. The molecule has 19 heavy (non-hydrogen) atoms. The van der Waals surface area contributed by atoms with Crippen LogP contribution in [-0.4, -0.2) is 37.3 Å². The monoisotopic (exact) mass is 265 g/mol. The zero-order valence-corrected chi connectivity index (χ0v) is 12.4. The van der Waals surface area contributed by atoms with Gasteiger partial charge in [0, 0.05) is 31.9 Å². The highest BCUT2D eigenvalue weighted by Crippen LogP contribution is 2.12. The quantitative estimate of drug-likeness (QED) is 0.696. The minimum atomic E-state index is 0.230. The van der Waals surface area contributed by atoms with E-state index in [1.165, 1.54) is 5.56 Å². The van der Waals surface area contributed by atoms with E-state index in [4.69, 9.17) is 10.5 Å². The summed E-state index contributed by atoms with van der Waals surface area (Å²) in [5, 5.41) is 0. The van der Waals surface area contributed by atoms with Crippen molar-refractivity contribution in [2.75, 3.05) is 31.2 Å². The Kier molecular flexibility index (Phi) is 7.45. The van der Waals surface area contributed by atoms with Gasteiger partial charge in [-0.2, -0.15) is 0 Å². The van der Waals surface area contributed by atoms with Crippen molar-refractivity contribution in [3.05, 3.63) is 23.9 Å². The van der Waals surface area contributed by atoms with E-state index in [1.807, 2.05) is 13.1 Å². The number of nitrogens with zero attached hydrogens (tertiary/aromatic N) is 2. The van der Waals surface area contributed by atoms with Gasteiger partial charge in [0.1, 0.15) is 5.82 Å². The molecule has 1 rings (SSSR count). The van der Waals surface area contributed by atoms with Gasteiger partial charge in [-0.25, -0.2) is 4.98 Å². The van der Waals surface area contributed by atoms with Crippen LogP contribution in [0.15, 0.2) is 18.3 Å². The molecule has 0 aliphatic carbocycles. The third-order valence-electron chi connectivity index (χ3n) is 3.25. The lowest BCUT2D eigenvalue weighted by Crippen LogP contribution is -2.28. The van der Waals surface area contributed by atoms with Gasteiger partial charge < -0.3 is 15.4 Å². The van der Waals surface area contributed by atoms with Gasteiger partial charge in [0.25, 0.3) is 0 Å². The Balaban J connectivity index is 2.57. The van der Waals surface area contributed by atoms with Crippen LogP contribution in [0, 0.1) is 0 Å². The molecule has 108 valence electrons. The highest BCUT2D eigenvalue weighted by Gasteiger charge is 2.07. The van der Waals surface area contributed by atoms with E-state index in [2.05, 4.69) is 35.9 Å². The zero-order valence-electron chi connectivity index (χ0n) is 12.4. The number of pyridine rings is 1. The Hall–Kier alpha value is -1.13. The maximum absolute atomic E-state index is 5.96. The van der Waals surface area contributed by atoms with Crippen molar-refractivity contribution in [1.29, 1.82) is 0 Å². The van der Waals surface area contributed by atoms with Gasteiger partial charge in [-0.1, -0.05) is 13.0 Å². The molecule has 4 heteroatoms. The van der Waals surface area contributed by atoms with Gasteiger partial charge in [0.05, 0.1) is 6.61 Å². The smallest absolute Gasteiger partial charge is 0.128 e. The zero-order chi connectivity index (χ0) is 14.1. The summed E-state index contributed by atoms with van der Waals surface area (Å²) in [5.41, 5.74) is 7.16. The summed E-state index contributed by atoms with van der Waals surface area (Å²) in [6, 6.07) is 4.43. The number of hydrogen-bond donors (Lipinski definition) is 1. The molecular weight excluding hydrogens is 238 g/mol. The number of anilines is 1. The molecule has 0 aliphatic heterocycles. The van der Waals surface area contributed by atoms with E-state index in [0.717, 1.165) is 45.0 Å². The van der Waals surface area contributed by atoms with Crippen LogP contribution in [0.5, 0.6) is 0 Å². The Labute approximate surface area is 117 Å². The molecule has 1 unspecified atom stereocenters. The number of aromatic nitrogens is 1. The first-order valence-corrected chi connectivity index (χ1v) is 7.24. The summed E-state index contributed by atoms with van der Waals surface area (Å²) in [7, 11) is 0. The summed E-state index contributed by atoms with van der Waals surface area (Å²) in [5.74, 6) is 1.01. The fourth-order valence-electron chi connectivity index (χ4n) is 1.93. The fourth-order valence-corrected chi connectivity index (χ4v) is 1.93. The largest absolute Gasteiger partial charge is 0.380 e. The second-order valence-corrected chi connectivity index (χ2v) is 4.67. The molecule has 4 nitrogen and oxygen atoms in total. The standard InChI is InChI=1S/C15H27N3O/c1-4-14(16)11-13-7-8-15(17-12-13)18(5-2)9-10-19-6-3/h7-8,12,14H,4-6,9-11,16H2,1-3H3. The first kappa shape index (κ1) is 15.9. The highest BCUT2D eigenvalue weighted by atomic mass is 16.5. The molecule has 1 aromatic heterocycles. The molecule has 0 saturated heterocycles. The Bertz CT molecular complexity index is 340. The van der Waals surface area contributed by atoms with Gasteiger partial charge in [-0.05, 0) is 38.3 Å². The van der Waals surface area contributed by atoms with Crippen LogP contribution >= 0.6 is 0 Å². The van der Waals surface area contributed by atoms with Crippen LogP contribution < -0.4 is 10.6 Å². The lowest BCUT2D eigenvalue weighted by Gasteiger charge is -2.22. The molecule has 0 aromatic carbocycles. The highest BCUT2D eigenvalue weighted by molar-refractivity contribution is 5.39. The predicted molar refractivity (Wildman–Crippen MR) is 80.6 cm³/mol. The number of nitrogens with two attached hydrogens (primary N) is 1. The van der Waals surface area contributed by atoms with Crippen LogP contribution in [0.1, 0.15) is 32.8 Å². The minimum absolute atomic E-state index is 0.230. The van der Waals surface area contributed by atoms with Crippen molar-refractivity contribution in [2.24, 2.45) is 5.73 Å². The first-order chi connectivity index (χ1) is 9.21. The normalized spacial score (nSPS) is 12.4. The van der Waals surface area contributed by atoms with Crippen molar-refractivity contribution in [2.45, 2.75) is 39.7 Å². The third-order valence-corrected chi connectivity index (χ3v) is 3.25. The molecule has 0 bridgehead atoms. The van der Waals surface area contributed by atoms with Gasteiger partial charge in [-0.15, -0.1) is 0 Å². The second kappa shape index (κ2) is 8.88. The molecule has 1 atom stereocenters. The molecular formula is C15H27N3O. The molecule has 0 amide bonds. The average Bonchev–Trinajstić information content (AvgIpc) is 2.45. The number of hydrogen-bond acceptors (Lipinski definition) is 4. The third kappa shape index (κ3) is 5.57. The second-order valence-electron chi connectivity index (χ2n) is 4.67. The van der Waals surface area contributed by atoms with Crippen LogP contribution in [0.4, 0.5) is 5.82 Å². The van der Waals surface area contributed by atoms with Crippen molar-refractivity contribution in [3.8, 4) is 0 Å². The van der Waals surface area contributed by atoms with Gasteiger partial charge >= 0.3 is 0 Å². The average molecular weight is 265 g/mol. The molecule has 1 heterocycles. The first-order valence-electron chi connectivity index (χ1n) is 7.24. The van der Waals surface area contributed by atoms with E-state index in [9.17, 15) is 0 Å². The molecule has 0 radical (unpaired) electrons. The predicted octanol–water partition coefficient (Wildman–Crippen LogP) is 2.22. The summed E-state index contributed by atoms with van der Waals surface area (Å²) >= 11 is 0. The minimum Gasteiger partial charge on any atom is -0.380 e. The fraction of sp³-hybridized carbons (Fsp3) is 0.667. The number of rotatable bonds is 9. The van der Waals surface area contributed by atoms with Crippen molar-refractivity contribution < 1.29 is 4.74 Å². The summed E-state index contributed by atoms with van der Waals surface area (Å²) in [4.78, 5) is 6.75. The van der Waals surface area contributed by atoms with E-state index in [1.54, 1.807) is 0 Å². The van der Waals surface area contributed by atoms with E-state index in [0.29, 0.717) is 0 Å². The van der Waals surface area contributed by atoms with Crippen LogP contribution in [0.2, 0.25) is 0 Å². The van der Waals surface area contributed by atoms with Crippen molar-refractivity contribution in [1.82, 2.24) is 4.98 Å². The topological polar surface area (TPSA) is 51.4 Å². The Morgan fingerprint density at radius 3 is 2.63 bits per heavy atom. The van der Waals surface area contributed by atoms with Gasteiger partial charge in [0.15, 0.2) is 0 Å². The Morgan fingerprint density at radius 2 is 2.11 bits per heavy atom. The van der Waals surface area contributed by atoms with Gasteiger partial charge in [0.2, 0.25) is 0 Å². The molecule has 0 aliphatic rings. The lowest BCUT2D eigenvalue weighted by molar-refractivity contribution is 0.154. The molecule has 0 fully saturated rings. The summed E-state index contributed by atoms with van der Waals surface area (Å²) in [6.45, 7) is 9.58. The molecule has 2 N–H and O–H groups in total. The number of likely N-dealkylation sites (N-methyl/N-ethyl adjacent to an activating group) is 1. The van der Waals surface area contributed by atoms with Gasteiger partial charge in [-0.3, -0.25) is 0 Å². The molecule has 1 aromatic rings. The van der Waals surface area contributed by atoms with E-state index in [-0.39, 0.29) is 6.04 Å². The van der Waals surface area contributed by atoms with Crippen molar-refractivity contribution in [3.63, 3.8) is 0 Å². The van der Waals surface area contributed by atoms with E-state index < -0.39 is 0 Å². The van der Waals surface area contributed by atoms with Crippen LogP contribution in [0.25, 0.3) is 0 Å². The van der Waals surface area contributed by atoms with E-state index >= 15 is 0 Å². The van der Waals surface area contributed by atoms with Crippen LogP contribution in [0.3, 0.4) is 0 Å². The maximum Gasteiger partial charge on any atom is 0.128 e. The molecule has 0 spiro atoms. The Morgan fingerprint density at radius 1 is 1.32 bits per heavy atom. The van der Waals surface area contributed by atoms with Crippen LogP contribution in [-0.2, 0) is 11.2 Å². The summed E-state index contributed by atoms with van der Waals surface area (Å²) in [6.07, 6.45) is 3.83. The number of ether oxygens (including phenoxy) is 1. The van der Waals surface area contributed by atoms with Crippen molar-refractivity contribution >= 4 is 5.82 Å².